The van der Waals surface area contributed by atoms with Gasteiger partial charge in [0.05, 0.1) is 25.4 Å². The van der Waals surface area contributed by atoms with Crippen LogP contribution in [0.4, 0.5) is 0 Å². The zero-order chi connectivity index (χ0) is 49.3. The molecule has 0 aromatic heterocycles. The lowest BCUT2D eigenvalue weighted by Crippen LogP contribution is -2.45. The van der Waals surface area contributed by atoms with Crippen molar-refractivity contribution in [3.05, 3.63) is 12.2 Å². The highest BCUT2D eigenvalue weighted by Crippen LogP contribution is 2.18. The number of aliphatic hydroxyl groups is 2. The summed E-state index contributed by atoms with van der Waals surface area (Å²) in [6.45, 7) is 4.97. The molecule has 0 aliphatic carbocycles. The van der Waals surface area contributed by atoms with E-state index in [-0.39, 0.29) is 18.5 Å². The van der Waals surface area contributed by atoms with Gasteiger partial charge in [0.25, 0.3) is 0 Å². The van der Waals surface area contributed by atoms with Gasteiger partial charge in [-0.25, -0.2) is 0 Å². The normalized spacial score (nSPS) is 12.6. The number of hydrogen-bond donors (Lipinski definition) is 3. The van der Waals surface area contributed by atoms with Crippen LogP contribution < -0.4 is 5.32 Å². The van der Waals surface area contributed by atoms with Gasteiger partial charge in [0.1, 0.15) is 0 Å². The average Bonchev–Trinajstić information content (AvgIpc) is 3.34. The third-order valence-corrected chi connectivity index (χ3v) is 14.6. The highest BCUT2D eigenvalue weighted by Gasteiger charge is 2.20. The zero-order valence-corrected chi connectivity index (χ0v) is 46.1. The summed E-state index contributed by atoms with van der Waals surface area (Å²) >= 11 is 0. The number of aliphatic hydroxyl groups excluding tert-OH is 2. The minimum atomic E-state index is -0.666. The van der Waals surface area contributed by atoms with Gasteiger partial charge in [0, 0.05) is 12.8 Å². The molecule has 0 heterocycles. The van der Waals surface area contributed by atoms with E-state index in [9.17, 15) is 19.8 Å². The molecule has 0 bridgehead atoms. The van der Waals surface area contributed by atoms with E-state index < -0.39 is 12.1 Å². The number of carbonyl (C=O) groups is 2. The molecule has 0 aliphatic rings. The first-order chi connectivity index (χ1) is 33.5. The molecule has 0 radical (unpaired) electrons. The van der Waals surface area contributed by atoms with Crippen molar-refractivity contribution in [2.45, 2.75) is 360 Å². The smallest absolute Gasteiger partial charge is 0.305 e. The van der Waals surface area contributed by atoms with E-state index in [1.165, 1.54) is 276 Å². The molecule has 68 heavy (non-hydrogen) atoms. The highest BCUT2D eigenvalue weighted by molar-refractivity contribution is 5.76. The second-order valence-electron chi connectivity index (χ2n) is 21.4. The van der Waals surface area contributed by atoms with Gasteiger partial charge in [-0.1, -0.05) is 296 Å². The Kier molecular flexibility index (Phi) is 57.0. The van der Waals surface area contributed by atoms with Crippen LogP contribution in [0.25, 0.3) is 0 Å². The first-order valence-electron chi connectivity index (χ1n) is 30.9. The quantitative estimate of drug-likeness (QED) is 0.0321. The first kappa shape index (κ1) is 66.6. The standard InChI is InChI=1S/C62H121NO5/c1-3-5-7-9-11-13-15-17-28-31-34-38-42-46-50-54-60(65)59(58-64)63-61(66)55-51-47-43-39-35-32-29-26-24-22-20-18-19-21-23-25-27-30-33-37-41-45-49-53-57-68-62(67)56-52-48-44-40-36-16-14-12-10-8-6-4-2/h20,22,59-60,64-65H,3-19,21,23-58H2,1-2H3,(H,63,66)/b22-20-. The Morgan fingerprint density at radius 1 is 0.397 bits per heavy atom. The lowest BCUT2D eigenvalue weighted by molar-refractivity contribution is -0.143. The Morgan fingerprint density at radius 3 is 1.04 bits per heavy atom. The van der Waals surface area contributed by atoms with Crippen molar-refractivity contribution < 1.29 is 24.5 Å². The highest BCUT2D eigenvalue weighted by atomic mass is 16.5. The van der Waals surface area contributed by atoms with E-state index in [2.05, 4.69) is 31.3 Å². The fourth-order valence-corrected chi connectivity index (χ4v) is 9.81. The van der Waals surface area contributed by atoms with Crippen LogP contribution in [0, 0.1) is 0 Å². The average molecular weight is 961 g/mol. The van der Waals surface area contributed by atoms with Gasteiger partial charge in [-0.2, -0.15) is 0 Å². The molecule has 0 fully saturated rings. The number of esters is 1. The Labute approximate surface area is 425 Å². The summed E-state index contributed by atoms with van der Waals surface area (Å²) in [6, 6.07) is -0.543. The molecule has 2 unspecified atom stereocenters. The fourth-order valence-electron chi connectivity index (χ4n) is 9.81. The molecular formula is C62H121NO5. The molecule has 0 saturated heterocycles. The summed E-state index contributed by atoms with van der Waals surface area (Å²) in [4.78, 5) is 24.5. The number of nitrogens with one attached hydrogen (secondary N) is 1. The van der Waals surface area contributed by atoms with Crippen molar-refractivity contribution in [3.63, 3.8) is 0 Å². The number of rotatable bonds is 58. The van der Waals surface area contributed by atoms with Gasteiger partial charge in [0.15, 0.2) is 0 Å². The molecule has 2 atom stereocenters. The van der Waals surface area contributed by atoms with Crippen LogP contribution >= 0.6 is 0 Å². The predicted molar refractivity (Wildman–Crippen MR) is 297 cm³/mol. The van der Waals surface area contributed by atoms with Crippen LogP contribution in [0.2, 0.25) is 0 Å². The molecule has 0 aromatic rings. The molecule has 1 amide bonds. The molecule has 0 aromatic carbocycles. The van der Waals surface area contributed by atoms with Gasteiger partial charge in [-0.05, 0) is 51.4 Å². The molecule has 0 saturated carbocycles. The van der Waals surface area contributed by atoms with Crippen LogP contribution in [-0.2, 0) is 14.3 Å². The molecule has 0 spiro atoms. The maximum absolute atomic E-state index is 12.5. The second kappa shape index (κ2) is 58.2. The lowest BCUT2D eigenvalue weighted by atomic mass is 10.0. The second-order valence-corrected chi connectivity index (χ2v) is 21.4. The van der Waals surface area contributed by atoms with Gasteiger partial charge >= 0.3 is 5.97 Å². The molecule has 0 rings (SSSR count). The van der Waals surface area contributed by atoms with E-state index in [0.29, 0.717) is 25.9 Å². The molecule has 6 heteroatoms. The summed E-state index contributed by atoms with van der Waals surface area (Å²) in [5.74, 6) is -0.0233. The molecular weight excluding hydrogens is 839 g/mol. The Bertz CT molecular complexity index is 1020. The van der Waals surface area contributed by atoms with Crippen LogP contribution in [0.1, 0.15) is 348 Å². The Morgan fingerprint density at radius 2 is 0.691 bits per heavy atom. The van der Waals surface area contributed by atoms with Crippen molar-refractivity contribution in [3.8, 4) is 0 Å². The van der Waals surface area contributed by atoms with E-state index in [1.54, 1.807) is 0 Å². The maximum atomic E-state index is 12.5. The predicted octanol–water partition coefficient (Wildman–Crippen LogP) is 19.2. The van der Waals surface area contributed by atoms with Crippen LogP contribution in [0.5, 0.6) is 0 Å². The van der Waals surface area contributed by atoms with Crippen LogP contribution in [-0.4, -0.2) is 47.4 Å². The van der Waals surface area contributed by atoms with Crippen LogP contribution in [0.15, 0.2) is 12.2 Å². The van der Waals surface area contributed by atoms with E-state index in [1.807, 2.05) is 0 Å². The number of ether oxygens (including phenoxy) is 1. The molecule has 6 nitrogen and oxygen atoms in total. The van der Waals surface area contributed by atoms with Crippen molar-refractivity contribution in [2.75, 3.05) is 13.2 Å². The fraction of sp³-hybridized carbons (Fsp3) is 0.935. The molecule has 404 valence electrons. The van der Waals surface area contributed by atoms with Gasteiger partial charge in [-0.3, -0.25) is 9.59 Å². The number of allylic oxidation sites excluding steroid dienone is 2. The monoisotopic (exact) mass is 960 g/mol. The number of carbonyl (C=O) groups excluding carboxylic acids is 2. The minimum Gasteiger partial charge on any atom is -0.466 e. The summed E-state index contributed by atoms with van der Waals surface area (Å²) in [5.41, 5.74) is 0. The summed E-state index contributed by atoms with van der Waals surface area (Å²) in [5, 5.41) is 23.3. The van der Waals surface area contributed by atoms with Crippen molar-refractivity contribution in [1.29, 1.82) is 0 Å². The van der Waals surface area contributed by atoms with Gasteiger partial charge in [0.2, 0.25) is 5.91 Å². The van der Waals surface area contributed by atoms with Crippen LogP contribution in [0.3, 0.4) is 0 Å². The van der Waals surface area contributed by atoms with E-state index in [0.717, 1.165) is 38.5 Å². The third kappa shape index (κ3) is 53.9. The maximum Gasteiger partial charge on any atom is 0.305 e. The minimum absolute atomic E-state index is 0.0138. The van der Waals surface area contributed by atoms with Gasteiger partial charge in [-0.15, -0.1) is 0 Å². The Hall–Kier alpha value is -1.40. The third-order valence-electron chi connectivity index (χ3n) is 14.6. The SMILES string of the molecule is CCCCCCCCCCCCCCCCCC(O)C(CO)NC(=O)CCCCCCCCCC/C=C\CCCCCCCCCCCCCCOC(=O)CCCCCCCCCCCCCC. The summed E-state index contributed by atoms with van der Waals surface area (Å²) in [6.07, 6.45) is 69.3. The lowest BCUT2D eigenvalue weighted by Gasteiger charge is -2.22. The van der Waals surface area contributed by atoms with Crippen molar-refractivity contribution >= 4 is 11.9 Å². The van der Waals surface area contributed by atoms with Crippen molar-refractivity contribution in [2.24, 2.45) is 0 Å². The molecule has 0 aliphatic heterocycles. The largest absolute Gasteiger partial charge is 0.466 e. The van der Waals surface area contributed by atoms with Gasteiger partial charge < -0.3 is 20.3 Å². The number of hydrogen-bond acceptors (Lipinski definition) is 5. The van der Waals surface area contributed by atoms with E-state index >= 15 is 0 Å². The molecule has 3 N–H and O–H groups in total. The van der Waals surface area contributed by atoms with Crippen molar-refractivity contribution in [1.82, 2.24) is 5.32 Å². The summed E-state index contributed by atoms with van der Waals surface area (Å²) in [7, 11) is 0. The number of unbranched alkanes of at least 4 members (excludes halogenated alkanes) is 45. The Balaban J connectivity index is 3.39. The zero-order valence-electron chi connectivity index (χ0n) is 46.1. The number of amides is 1. The summed E-state index contributed by atoms with van der Waals surface area (Å²) < 4.78 is 5.47. The first-order valence-corrected chi connectivity index (χ1v) is 30.9. The topological polar surface area (TPSA) is 95.9 Å². The van der Waals surface area contributed by atoms with E-state index in [4.69, 9.17) is 4.74 Å².